The molecular weight excluding hydrogens is 168 g/mol. The maximum atomic E-state index is 4.06. The van der Waals surface area contributed by atoms with E-state index in [2.05, 4.69) is 39.5 Å². The first kappa shape index (κ1) is 11.3. The second-order valence-corrected chi connectivity index (χ2v) is 4.47. The molecule has 0 aliphatic heterocycles. The van der Waals surface area contributed by atoms with Crippen molar-refractivity contribution in [2.45, 2.75) is 46.5 Å². The first-order valence-corrected chi connectivity index (χ1v) is 5.64. The zero-order valence-corrected chi connectivity index (χ0v) is 9.77. The van der Waals surface area contributed by atoms with E-state index in [1.807, 2.05) is 0 Å². The van der Waals surface area contributed by atoms with Gasteiger partial charge in [0.25, 0.3) is 0 Å². The lowest BCUT2D eigenvalue weighted by Crippen LogP contribution is -1.94. The van der Waals surface area contributed by atoms with Gasteiger partial charge >= 0.3 is 0 Å². The number of allylic oxidation sites excluding steroid dienone is 5. The zero-order chi connectivity index (χ0) is 10.6. The van der Waals surface area contributed by atoms with Crippen LogP contribution < -0.4 is 0 Å². The third kappa shape index (κ3) is 3.17. The molecule has 0 radical (unpaired) electrons. The molecule has 0 bridgehead atoms. The molecule has 14 heavy (non-hydrogen) atoms. The van der Waals surface area contributed by atoms with Crippen molar-refractivity contribution >= 4 is 0 Å². The SMILES string of the molecule is C=C1CCC(/C(C)=C/C=C(/C)CC)C1. The predicted molar refractivity (Wildman–Crippen MR) is 64.3 cm³/mol. The van der Waals surface area contributed by atoms with Crippen LogP contribution in [0.1, 0.15) is 46.5 Å². The quantitative estimate of drug-likeness (QED) is 0.449. The summed E-state index contributed by atoms with van der Waals surface area (Å²) in [5.74, 6) is 0.767. The lowest BCUT2D eigenvalue weighted by atomic mass is 9.98. The van der Waals surface area contributed by atoms with Crippen LogP contribution >= 0.6 is 0 Å². The highest BCUT2D eigenvalue weighted by Crippen LogP contribution is 2.33. The highest BCUT2D eigenvalue weighted by molar-refractivity contribution is 5.20. The Kier molecular flexibility index (Phi) is 4.19. The molecule has 0 aromatic heterocycles. The van der Waals surface area contributed by atoms with Crippen molar-refractivity contribution in [2.75, 3.05) is 0 Å². The van der Waals surface area contributed by atoms with Gasteiger partial charge in [-0.1, -0.05) is 42.4 Å². The fraction of sp³-hybridized carbons (Fsp3) is 0.571. The van der Waals surface area contributed by atoms with Crippen molar-refractivity contribution in [3.05, 3.63) is 35.5 Å². The van der Waals surface area contributed by atoms with Crippen molar-refractivity contribution < 1.29 is 0 Å². The molecule has 0 heteroatoms. The average molecular weight is 190 g/mol. The van der Waals surface area contributed by atoms with Crippen LogP contribution in [-0.4, -0.2) is 0 Å². The fourth-order valence-electron chi connectivity index (χ4n) is 1.85. The molecule has 1 aliphatic carbocycles. The summed E-state index contributed by atoms with van der Waals surface area (Å²) in [5.41, 5.74) is 4.41. The molecule has 1 aliphatic rings. The fourth-order valence-corrected chi connectivity index (χ4v) is 1.85. The third-order valence-electron chi connectivity index (χ3n) is 3.21. The molecule has 1 atom stereocenters. The molecule has 0 amide bonds. The Balaban J connectivity index is 2.56. The minimum absolute atomic E-state index is 0.767. The van der Waals surface area contributed by atoms with E-state index in [1.165, 1.54) is 36.0 Å². The van der Waals surface area contributed by atoms with Crippen molar-refractivity contribution in [1.82, 2.24) is 0 Å². The number of rotatable bonds is 3. The summed E-state index contributed by atoms with van der Waals surface area (Å²) in [5, 5.41) is 0. The standard InChI is InChI=1S/C14H22/c1-5-11(2)6-8-13(4)14-9-7-12(3)10-14/h6,8,14H,3,5,7,9-10H2,1-2,4H3/b11-6-,13-8+. The Hall–Kier alpha value is -0.780. The summed E-state index contributed by atoms with van der Waals surface area (Å²) >= 11 is 0. The Bertz CT molecular complexity index is 266. The van der Waals surface area contributed by atoms with Crippen molar-refractivity contribution in [1.29, 1.82) is 0 Å². The molecule has 0 saturated heterocycles. The molecule has 0 N–H and O–H groups in total. The van der Waals surface area contributed by atoms with E-state index >= 15 is 0 Å². The largest absolute Gasteiger partial charge is 0.0998 e. The molecule has 1 fully saturated rings. The Morgan fingerprint density at radius 1 is 1.43 bits per heavy atom. The number of hydrogen-bond donors (Lipinski definition) is 0. The molecule has 0 aromatic carbocycles. The summed E-state index contributed by atoms with van der Waals surface area (Å²) in [4.78, 5) is 0. The van der Waals surface area contributed by atoms with Crippen LogP contribution in [0.4, 0.5) is 0 Å². The lowest BCUT2D eigenvalue weighted by molar-refractivity contribution is 0.650. The predicted octanol–water partition coefficient (Wildman–Crippen LogP) is 4.65. The van der Waals surface area contributed by atoms with Gasteiger partial charge in [0.1, 0.15) is 0 Å². The minimum atomic E-state index is 0.767. The second kappa shape index (κ2) is 5.19. The molecule has 1 saturated carbocycles. The van der Waals surface area contributed by atoms with Gasteiger partial charge in [0.2, 0.25) is 0 Å². The summed E-state index contributed by atoms with van der Waals surface area (Å²) in [6.45, 7) is 10.7. The van der Waals surface area contributed by atoms with E-state index in [1.54, 1.807) is 0 Å². The van der Waals surface area contributed by atoms with E-state index in [-0.39, 0.29) is 0 Å². The van der Waals surface area contributed by atoms with Crippen LogP contribution in [0.3, 0.4) is 0 Å². The zero-order valence-electron chi connectivity index (χ0n) is 9.77. The maximum absolute atomic E-state index is 4.06. The maximum Gasteiger partial charge on any atom is -0.0163 e. The van der Waals surface area contributed by atoms with Crippen LogP contribution in [-0.2, 0) is 0 Å². The Labute approximate surface area is 88.4 Å². The summed E-state index contributed by atoms with van der Waals surface area (Å²) in [7, 11) is 0. The minimum Gasteiger partial charge on any atom is -0.0998 e. The molecule has 0 aromatic rings. The molecule has 78 valence electrons. The van der Waals surface area contributed by atoms with Gasteiger partial charge in [-0.3, -0.25) is 0 Å². The van der Waals surface area contributed by atoms with Crippen molar-refractivity contribution in [2.24, 2.45) is 5.92 Å². The van der Waals surface area contributed by atoms with Gasteiger partial charge in [-0.2, -0.15) is 0 Å². The first-order chi connectivity index (χ1) is 6.63. The third-order valence-corrected chi connectivity index (χ3v) is 3.21. The van der Waals surface area contributed by atoms with Gasteiger partial charge in [0.15, 0.2) is 0 Å². The number of hydrogen-bond acceptors (Lipinski definition) is 0. The van der Waals surface area contributed by atoms with Gasteiger partial charge < -0.3 is 0 Å². The van der Waals surface area contributed by atoms with Gasteiger partial charge in [-0.25, -0.2) is 0 Å². The molecule has 0 nitrogen and oxygen atoms in total. The molecule has 0 spiro atoms. The molecule has 1 rings (SSSR count). The van der Waals surface area contributed by atoms with Gasteiger partial charge in [-0.05, 0) is 45.4 Å². The summed E-state index contributed by atoms with van der Waals surface area (Å²) in [6, 6.07) is 0. The highest BCUT2D eigenvalue weighted by atomic mass is 14.2. The van der Waals surface area contributed by atoms with E-state index in [0.29, 0.717) is 0 Å². The average Bonchev–Trinajstić information content (AvgIpc) is 2.60. The summed E-state index contributed by atoms with van der Waals surface area (Å²) in [6.07, 6.45) is 9.45. The molecule has 0 heterocycles. The van der Waals surface area contributed by atoms with E-state index in [0.717, 1.165) is 12.3 Å². The molecule has 1 unspecified atom stereocenters. The van der Waals surface area contributed by atoms with E-state index < -0.39 is 0 Å². The van der Waals surface area contributed by atoms with Crippen LogP contribution in [0.15, 0.2) is 35.5 Å². The monoisotopic (exact) mass is 190 g/mol. The van der Waals surface area contributed by atoms with E-state index in [9.17, 15) is 0 Å². The van der Waals surface area contributed by atoms with Crippen molar-refractivity contribution in [3.8, 4) is 0 Å². The Morgan fingerprint density at radius 2 is 2.14 bits per heavy atom. The van der Waals surface area contributed by atoms with Crippen LogP contribution in [0.5, 0.6) is 0 Å². The van der Waals surface area contributed by atoms with Gasteiger partial charge in [-0.15, -0.1) is 0 Å². The second-order valence-electron chi connectivity index (χ2n) is 4.47. The smallest absolute Gasteiger partial charge is 0.0163 e. The normalized spacial score (nSPS) is 24.5. The van der Waals surface area contributed by atoms with Gasteiger partial charge in [0.05, 0.1) is 0 Å². The lowest BCUT2D eigenvalue weighted by Gasteiger charge is -2.08. The van der Waals surface area contributed by atoms with Gasteiger partial charge in [0, 0.05) is 0 Å². The summed E-state index contributed by atoms with van der Waals surface area (Å²) < 4.78 is 0. The topological polar surface area (TPSA) is 0 Å². The Morgan fingerprint density at radius 3 is 2.64 bits per heavy atom. The van der Waals surface area contributed by atoms with Crippen LogP contribution in [0, 0.1) is 5.92 Å². The molecular formula is C14H22. The van der Waals surface area contributed by atoms with Crippen LogP contribution in [0.2, 0.25) is 0 Å². The van der Waals surface area contributed by atoms with Crippen LogP contribution in [0.25, 0.3) is 0 Å². The first-order valence-electron chi connectivity index (χ1n) is 5.64. The van der Waals surface area contributed by atoms with Crippen molar-refractivity contribution in [3.63, 3.8) is 0 Å². The highest BCUT2D eigenvalue weighted by Gasteiger charge is 2.18. The van der Waals surface area contributed by atoms with E-state index in [4.69, 9.17) is 0 Å².